The molecule has 0 saturated carbocycles. The lowest BCUT2D eigenvalue weighted by Crippen LogP contribution is -2.49. The minimum atomic E-state index is -0.779. The molecule has 0 aliphatic carbocycles. The predicted octanol–water partition coefficient (Wildman–Crippen LogP) is 0.576. The Morgan fingerprint density at radius 3 is 2.79 bits per heavy atom. The number of aromatic nitrogens is 2. The number of nitriles is 1. The van der Waals surface area contributed by atoms with Crippen molar-refractivity contribution in [2.24, 2.45) is 0 Å². The third-order valence-corrected chi connectivity index (χ3v) is 6.46. The summed E-state index contributed by atoms with van der Waals surface area (Å²) in [5, 5.41) is 29.0. The number of hydrogen-bond acceptors (Lipinski definition) is 8. The van der Waals surface area contributed by atoms with Crippen molar-refractivity contribution in [1.29, 1.82) is 5.26 Å². The highest BCUT2D eigenvalue weighted by atomic mass is 16.3. The van der Waals surface area contributed by atoms with Gasteiger partial charge in [0.05, 0.1) is 17.7 Å². The van der Waals surface area contributed by atoms with Gasteiger partial charge >= 0.3 is 0 Å². The molecule has 2 aliphatic heterocycles. The molecule has 0 spiro atoms. The fraction of sp³-hybridized carbons (Fsp3) is 0.458. The van der Waals surface area contributed by atoms with Crippen LogP contribution < -0.4 is 16.0 Å². The van der Waals surface area contributed by atoms with Crippen molar-refractivity contribution in [3.8, 4) is 6.07 Å². The van der Waals surface area contributed by atoms with E-state index in [9.17, 15) is 14.7 Å². The summed E-state index contributed by atoms with van der Waals surface area (Å²) in [6, 6.07) is 9.27. The standard InChI is InChI=1S/C24H29N7O3/c1-15(32)31-6-4-19(5-7-31)30-23-10-21(28-14-29-23)24(34)27-13-22(33)20-9-17-3-2-16(11-25)8-18(17)12-26-20/h2-3,8,10,14,19-20,22,26,33H,4-7,9,12-13H2,1H3,(H,27,34)(H,28,29,30)/t20-,22?/m0/s1. The Morgan fingerprint density at radius 1 is 1.26 bits per heavy atom. The molecule has 0 bridgehead atoms. The molecule has 2 amide bonds. The van der Waals surface area contributed by atoms with E-state index in [1.807, 2.05) is 17.0 Å². The molecule has 1 unspecified atom stereocenters. The van der Waals surface area contributed by atoms with Gasteiger partial charge < -0.3 is 26.0 Å². The monoisotopic (exact) mass is 463 g/mol. The minimum Gasteiger partial charge on any atom is -0.390 e. The number of amides is 2. The Labute approximate surface area is 198 Å². The fourth-order valence-electron chi connectivity index (χ4n) is 4.42. The molecule has 10 heteroatoms. The van der Waals surface area contributed by atoms with Crippen LogP contribution in [0.1, 0.15) is 46.9 Å². The van der Waals surface area contributed by atoms with E-state index in [1.165, 1.54) is 6.33 Å². The smallest absolute Gasteiger partial charge is 0.270 e. The van der Waals surface area contributed by atoms with Gasteiger partial charge in [0.2, 0.25) is 5.91 Å². The number of fused-ring (bicyclic) bond motifs is 1. The van der Waals surface area contributed by atoms with Crippen LogP contribution in [0.25, 0.3) is 0 Å². The zero-order valence-corrected chi connectivity index (χ0v) is 19.1. The van der Waals surface area contributed by atoms with Gasteiger partial charge in [0.25, 0.3) is 5.91 Å². The van der Waals surface area contributed by atoms with Crippen LogP contribution in [0.2, 0.25) is 0 Å². The van der Waals surface area contributed by atoms with E-state index >= 15 is 0 Å². The summed E-state index contributed by atoms with van der Waals surface area (Å²) in [4.78, 5) is 34.2. The molecule has 1 fully saturated rings. The van der Waals surface area contributed by atoms with Crippen molar-refractivity contribution in [3.05, 3.63) is 53.0 Å². The normalized spacial score (nSPS) is 19.0. The Morgan fingerprint density at radius 2 is 2.06 bits per heavy atom. The van der Waals surface area contributed by atoms with Crippen molar-refractivity contribution in [2.45, 2.75) is 50.9 Å². The first kappa shape index (κ1) is 23.6. The summed E-state index contributed by atoms with van der Waals surface area (Å²) in [5.41, 5.74) is 2.98. The van der Waals surface area contributed by atoms with E-state index in [4.69, 9.17) is 5.26 Å². The maximum Gasteiger partial charge on any atom is 0.270 e. The number of carbonyl (C=O) groups excluding carboxylic acids is 2. The second-order valence-electron chi connectivity index (χ2n) is 8.78. The molecule has 3 heterocycles. The second-order valence-corrected chi connectivity index (χ2v) is 8.78. The topological polar surface area (TPSA) is 143 Å². The van der Waals surface area contributed by atoms with Crippen LogP contribution in [0, 0.1) is 11.3 Å². The summed E-state index contributed by atoms with van der Waals surface area (Å²) in [6.45, 7) is 3.62. The van der Waals surface area contributed by atoms with E-state index in [0.717, 1.165) is 24.0 Å². The number of anilines is 1. The van der Waals surface area contributed by atoms with E-state index in [-0.39, 0.29) is 36.1 Å². The molecular weight excluding hydrogens is 434 g/mol. The van der Waals surface area contributed by atoms with Gasteiger partial charge in [-0.3, -0.25) is 9.59 Å². The zero-order valence-electron chi connectivity index (χ0n) is 19.1. The van der Waals surface area contributed by atoms with E-state index < -0.39 is 6.10 Å². The third-order valence-electron chi connectivity index (χ3n) is 6.46. The number of aliphatic hydroxyl groups is 1. The van der Waals surface area contributed by atoms with Gasteiger partial charge in [-0.15, -0.1) is 0 Å². The summed E-state index contributed by atoms with van der Waals surface area (Å²) in [7, 11) is 0. The number of rotatable bonds is 6. The van der Waals surface area contributed by atoms with Gasteiger partial charge in [-0.1, -0.05) is 6.07 Å². The first-order chi connectivity index (χ1) is 16.4. The third kappa shape index (κ3) is 5.68. The molecular formula is C24H29N7O3. The van der Waals surface area contributed by atoms with Crippen LogP contribution in [-0.4, -0.2) is 69.6 Å². The molecule has 34 heavy (non-hydrogen) atoms. The largest absolute Gasteiger partial charge is 0.390 e. The van der Waals surface area contributed by atoms with E-state index in [1.54, 1.807) is 19.1 Å². The summed E-state index contributed by atoms with van der Waals surface area (Å²) in [5.74, 6) is 0.262. The average Bonchev–Trinajstić information content (AvgIpc) is 2.86. The van der Waals surface area contributed by atoms with Crippen molar-refractivity contribution in [2.75, 3.05) is 25.0 Å². The van der Waals surface area contributed by atoms with Crippen LogP contribution in [0.15, 0.2) is 30.6 Å². The number of nitrogens with zero attached hydrogens (tertiary/aromatic N) is 4. The molecule has 178 valence electrons. The highest BCUT2D eigenvalue weighted by Gasteiger charge is 2.25. The van der Waals surface area contributed by atoms with Crippen molar-refractivity contribution >= 4 is 17.6 Å². The maximum atomic E-state index is 12.6. The molecule has 1 saturated heterocycles. The number of benzene rings is 1. The van der Waals surface area contributed by atoms with Crippen molar-refractivity contribution in [1.82, 2.24) is 25.5 Å². The maximum absolute atomic E-state index is 12.6. The molecule has 1 aromatic carbocycles. The Kier molecular flexibility index (Phi) is 7.35. The Hall–Kier alpha value is -3.55. The van der Waals surface area contributed by atoms with Crippen molar-refractivity contribution < 1.29 is 14.7 Å². The SMILES string of the molecule is CC(=O)N1CCC(Nc2cc(C(=O)NCC(O)[C@@H]3Cc4ccc(C#N)cc4CN3)ncn2)CC1. The van der Waals surface area contributed by atoms with Gasteiger partial charge in [-0.2, -0.15) is 5.26 Å². The first-order valence-corrected chi connectivity index (χ1v) is 11.5. The molecule has 2 atom stereocenters. The van der Waals surface area contributed by atoms with Crippen molar-refractivity contribution in [3.63, 3.8) is 0 Å². The quantitative estimate of drug-likeness (QED) is 0.487. The van der Waals surface area contributed by atoms with Gasteiger partial charge in [0.15, 0.2) is 0 Å². The zero-order chi connectivity index (χ0) is 24.1. The number of aliphatic hydroxyl groups excluding tert-OH is 1. The summed E-state index contributed by atoms with van der Waals surface area (Å²) < 4.78 is 0. The summed E-state index contributed by atoms with van der Waals surface area (Å²) in [6.07, 6.45) is 2.80. The second kappa shape index (κ2) is 10.6. The molecule has 2 aliphatic rings. The van der Waals surface area contributed by atoms with Gasteiger partial charge in [0.1, 0.15) is 17.8 Å². The lowest BCUT2D eigenvalue weighted by Gasteiger charge is -2.32. The molecule has 10 nitrogen and oxygen atoms in total. The first-order valence-electron chi connectivity index (χ1n) is 11.5. The highest BCUT2D eigenvalue weighted by molar-refractivity contribution is 5.92. The molecule has 2 aromatic rings. The van der Waals surface area contributed by atoms with Gasteiger partial charge in [-0.25, -0.2) is 9.97 Å². The van der Waals surface area contributed by atoms with E-state index in [2.05, 4.69) is 32.0 Å². The molecule has 4 rings (SSSR count). The van der Waals surface area contributed by atoms with Crippen LogP contribution >= 0.6 is 0 Å². The van der Waals surface area contributed by atoms with Gasteiger partial charge in [-0.05, 0) is 42.5 Å². The molecule has 0 radical (unpaired) electrons. The van der Waals surface area contributed by atoms with Crippen LogP contribution in [0.5, 0.6) is 0 Å². The lowest BCUT2D eigenvalue weighted by atomic mass is 9.92. The number of likely N-dealkylation sites (tertiary alicyclic amines) is 1. The van der Waals surface area contributed by atoms with Crippen LogP contribution in [0.4, 0.5) is 5.82 Å². The Balaban J connectivity index is 1.28. The van der Waals surface area contributed by atoms with Gasteiger partial charge in [0, 0.05) is 51.3 Å². The summed E-state index contributed by atoms with van der Waals surface area (Å²) >= 11 is 0. The van der Waals surface area contributed by atoms with Crippen LogP contribution in [-0.2, 0) is 17.8 Å². The number of hydrogen-bond donors (Lipinski definition) is 4. The fourth-order valence-corrected chi connectivity index (χ4v) is 4.42. The number of piperidine rings is 1. The Bertz CT molecular complexity index is 1090. The number of nitrogens with one attached hydrogen (secondary N) is 3. The van der Waals surface area contributed by atoms with Crippen LogP contribution in [0.3, 0.4) is 0 Å². The molecule has 4 N–H and O–H groups in total. The van der Waals surface area contributed by atoms with E-state index in [0.29, 0.717) is 37.4 Å². The highest BCUT2D eigenvalue weighted by Crippen LogP contribution is 2.20. The average molecular weight is 464 g/mol. The lowest BCUT2D eigenvalue weighted by molar-refractivity contribution is -0.129. The number of carbonyl (C=O) groups is 2. The minimum absolute atomic E-state index is 0.0817. The predicted molar refractivity (Wildman–Crippen MR) is 125 cm³/mol. The molecule has 1 aromatic heterocycles.